The average molecular weight is 532 g/mol. The van der Waals surface area contributed by atoms with Crippen molar-refractivity contribution in [2.45, 2.75) is 24.3 Å². The van der Waals surface area contributed by atoms with Crippen molar-refractivity contribution in [3.8, 4) is 0 Å². The molecule has 3 aromatic rings. The highest BCUT2D eigenvalue weighted by Gasteiger charge is 2.31. The first kappa shape index (κ1) is 25.9. The minimum absolute atomic E-state index is 0.0162. The minimum atomic E-state index is -4.56. The Morgan fingerprint density at radius 3 is 2.44 bits per heavy atom. The zero-order valence-electron chi connectivity index (χ0n) is 17.8. The molecule has 0 aliphatic carbocycles. The van der Waals surface area contributed by atoms with Crippen LogP contribution in [0.3, 0.4) is 0 Å². The lowest BCUT2D eigenvalue weighted by molar-refractivity contribution is -0.137. The van der Waals surface area contributed by atoms with E-state index in [0.717, 1.165) is 30.0 Å². The molecular weight excluding hydrogens is 514 g/mol. The quantitative estimate of drug-likeness (QED) is 0.400. The molecule has 1 heterocycles. The molecule has 2 aromatic carbocycles. The smallest absolute Gasteiger partial charge is 0.342 e. The topological polar surface area (TPSA) is 88.9 Å². The van der Waals surface area contributed by atoms with E-state index in [1.807, 2.05) is 0 Å². The van der Waals surface area contributed by atoms with Gasteiger partial charge in [-0.1, -0.05) is 35.0 Å². The summed E-state index contributed by atoms with van der Waals surface area (Å²) in [6, 6.07) is 8.59. The average Bonchev–Trinajstić information content (AvgIpc) is 3.13. The largest absolute Gasteiger partial charge is 0.416 e. The van der Waals surface area contributed by atoms with E-state index in [4.69, 9.17) is 23.2 Å². The van der Waals surface area contributed by atoms with Crippen LogP contribution in [0.1, 0.15) is 34.7 Å². The maximum Gasteiger partial charge on any atom is 0.416 e. The summed E-state index contributed by atoms with van der Waals surface area (Å²) in [5.74, 6) is -0.589. The Hall–Kier alpha value is -2.76. The lowest BCUT2D eigenvalue weighted by atomic mass is 10.2. The molecule has 0 spiro atoms. The zero-order valence-corrected chi connectivity index (χ0v) is 20.1. The number of alkyl halides is 3. The summed E-state index contributed by atoms with van der Waals surface area (Å²) in [4.78, 5) is 24.7. The van der Waals surface area contributed by atoms with Gasteiger partial charge in [0, 0.05) is 17.6 Å². The van der Waals surface area contributed by atoms with Crippen LogP contribution in [0, 0.1) is 0 Å². The van der Waals surface area contributed by atoms with Crippen molar-refractivity contribution in [2.24, 2.45) is 7.05 Å². The maximum absolute atomic E-state index is 12.9. The summed E-state index contributed by atoms with van der Waals surface area (Å²) < 4.78 is 40.3. The summed E-state index contributed by atoms with van der Waals surface area (Å²) in [7, 11) is 1.67. The van der Waals surface area contributed by atoms with Crippen LogP contribution >= 0.6 is 35.0 Å². The van der Waals surface area contributed by atoms with E-state index in [-0.39, 0.29) is 22.4 Å². The Bertz CT molecular complexity index is 1200. The maximum atomic E-state index is 12.9. The monoisotopic (exact) mass is 531 g/mol. The molecule has 0 aliphatic rings. The zero-order chi connectivity index (χ0) is 25.0. The molecule has 0 bridgehead atoms. The van der Waals surface area contributed by atoms with E-state index < -0.39 is 23.7 Å². The lowest BCUT2D eigenvalue weighted by Crippen LogP contribution is -2.28. The predicted molar refractivity (Wildman–Crippen MR) is 124 cm³/mol. The second kappa shape index (κ2) is 10.7. The molecule has 0 saturated carbocycles. The van der Waals surface area contributed by atoms with Gasteiger partial charge in [-0.3, -0.25) is 9.59 Å². The van der Waals surface area contributed by atoms with Crippen LogP contribution in [-0.4, -0.2) is 32.3 Å². The number of aromatic nitrogens is 3. The second-order valence-electron chi connectivity index (χ2n) is 7.13. The van der Waals surface area contributed by atoms with Crippen molar-refractivity contribution in [1.82, 2.24) is 20.1 Å². The van der Waals surface area contributed by atoms with Gasteiger partial charge < -0.3 is 15.2 Å². The third kappa shape index (κ3) is 6.43. The standard InChI is InChI=1S/C21H18Cl2F3N5O2S/c1-11(27-19(33)12-3-6-14(22)7-4-12)18-29-30-20(31(18)2)34-10-17(32)28-16-9-13(21(24,25)26)5-8-15(16)23/h3-9,11H,10H2,1-2H3,(H,27,33)(H,28,32)/t11-/m0/s1. The third-order valence-electron chi connectivity index (χ3n) is 4.61. The summed E-state index contributed by atoms with van der Waals surface area (Å²) in [6.45, 7) is 1.73. The van der Waals surface area contributed by atoms with E-state index in [0.29, 0.717) is 21.6 Å². The van der Waals surface area contributed by atoms with Gasteiger partial charge in [-0.15, -0.1) is 10.2 Å². The molecule has 0 saturated heterocycles. The van der Waals surface area contributed by atoms with Crippen molar-refractivity contribution < 1.29 is 22.8 Å². The molecular formula is C21H18Cl2F3N5O2S. The fraction of sp³-hybridized carbons (Fsp3) is 0.238. The summed E-state index contributed by atoms with van der Waals surface area (Å²) >= 11 is 12.8. The molecule has 2 amide bonds. The highest BCUT2D eigenvalue weighted by atomic mass is 35.5. The van der Waals surface area contributed by atoms with Gasteiger partial charge in [0.2, 0.25) is 5.91 Å². The fourth-order valence-corrected chi connectivity index (χ4v) is 3.90. The number of rotatable bonds is 7. The molecule has 2 N–H and O–H groups in total. The molecule has 180 valence electrons. The van der Waals surface area contributed by atoms with Gasteiger partial charge in [0.1, 0.15) is 0 Å². The van der Waals surface area contributed by atoms with E-state index >= 15 is 0 Å². The number of hydrogen-bond donors (Lipinski definition) is 2. The van der Waals surface area contributed by atoms with Gasteiger partial charge in [0.15, 0.2) is 11.0 Å². The van der Waals surface area contributed by atoms with Crippen molar-refractivity contribution in [3.63, 3.8) is 0 Å². The number of nitrogens with one attached hydrogen (secondary N) is 2. The van der Waals surface area contributed by atoms with E-state index in [1.54, 1.807) is 42.8 Å². The number of carbonyl (C=O) groups excluding carboxylic acids is 2. The van der Waals surface area contributed by atoms with Crippen LogP contribution in [0.2, 0.25) is 10.0 Å². The van der Waals surface area contributed by atoms with Crippen molar-refractivity contribution in [3.05, 3.63) is 69.5 Å². The predicted octanol–water partition coefficient (Wildman–Crippen LogP) is 5.36. The molecule has 7 nitrogen and oxygen atoms in total. The molecule has 34 heavy (non-hydrogen) atoms. The Morgan fingerprint density at radius 2 is 1.79 bits per heavy atom. The molecule has 1 atom stereocenters. The number of benzene rings is 2. The molecule has 0 fully saturated rings. The second-order valence-corrected chi connectivity index (χ2v) is 8.92. The van der Waals surface area contributed by atoms with Crippen LogP contribution in [0.15, 0.2) is 47.6 Å². The normalized spacial score (nSPS) is 12.3. The molecule has 13 heteroatoms. The van der Waals surface area contributed by atoms with Crippen LogP contribution in [0.5, 0.6) is 0 Å². The fourth-order valence-electron chi connectivity index (χ4n) is 2.89. The molecule has 0 radical (unpaired) electrons. The Balaban J connectivity index is 1.60. The van der Waals surface area contributed by atoms with Crippen LogP contribution in [0.4, 0.5) is 18.9 Å². The van der Waals surface area contributed by atoms with Gasteiger partial charge in [0.05, 0.1) is 28.1 Å². The molecule has 0 aliphatic heterocycles. The van der Waals surface area contributed by atoms with Crippen LogP contribution in [-0.2, 0) is 18.0 Å². The Kier molecular flexibility index (Phi) is 8.11. The third-order valence-corrected chi connectivity index (χ3v) is 6.21. The highest BCUT2D eigenvalue weighted by Crippen LogP contribution is 2.34. The SMILES string of the molecule is C[C@H](NC(=O)c1ccc(Cl)cc1)c1nnc(SCC(=O)Nc2cc(C(F)(F)F)ccc2Cl)n1C. The lowest BCUT2D eigenvalue weighted by Gasteiger charge is -2.14. The molecule has 3 rings (SSSR count). The van der Waals surface area contributed by atoms with Gasteiger partial charge >= 0.3 is 6.18 Å². The number of thioether (sulfide) groups is 1. The molecule has 0 unspecified atom stereocenters. The van der Waals surface area contributed by atoms with Crippen LogP contribution in [0.25, 0.3) is 0 Å². The van der Waals surface area contributed by atoms with E-state index in [1.165, 1.54) is 0 Å². The Labute approximate surface area is 207 Å². The number of amides is 2. The number of anilines is 1. The highest BCUT2D eigenvalue weighted by molar-refractivity contribution is 7.99. The van der Waals surface area contributed by atoms with E-state index in [9.17, 15) is 22.8 Å². The summed E-state index contributed by atoms with van der Waals surface area (Å²) in [6.07, 6.45) is -4.56. The number of hydrogen-bond acceptors (Lipinski definition) is 5. The minimum Gasteiger partial charge on any atom is -0.342 e. The van der Waals surface area contributed by atoms with Crippen molar-refractivity contribution >= 4 is 52.5 Å². The van der Waals surface area contributed by atoms with Crippen molar-refractivity contribution in [1.29, 1.82) is 0 Å². The molecule has 1 aromatic heterocycles. The number of carbonyl (C=O) groups is 2. The first-order chi connectivity index (χ1) is 16.0. The van der Waals surface area contributed by atoms with Gasteiger partial charge in [-0.25, -0.2) is 0 Å². The number of halogens is 5. The van der Waals surface area contributed by atoms with Gasteiger partial charge in [0.25, 0.3) is 5.91 Å². The summed E-state index contributed by atoms with van der Waals surface area (Å²) in [5.41, 5.74) is -0.635. The van der Waals surface area contributed by atoms with Crippen molar-refractivity contribution in [2.75, 3.05) is 11.1 Å². The Morgan fingerprint density at radius 1 is 1.12 bits per heavy atom. The summed E-state index contributed by atoms with van der Waals surface area (Å²) in [5, 5.41) is 14.2. The first-order valence-corrected chi connectivity index (χ1v) is 11.4. The van der Waals surface area contributed by atoms with Gasteiger partial charge in [-0.2, -0.15) is 13.2 Å². The first-order valence-electron chi connectivity index (χ1n) is 9.71. The van der Waals surface area contributed by atoms with Gasteiger partial charge in [-0.05, 0) is 49.4 Å². The van der Waals surface area contributed by atoms with E-state index in [2.05, 4.69) is 20.8 Å². The number of nitrogens with zero attached hydrogens (tertiary/aromatic N) is 3. The van der Waals surface area contributed by atoms with Crippen LogP contribution < -0.4 is 10.6 Å².